The Morgan fingerprint density at radius 1 is 1.57 bits per heavy atom. The number of hydrogen-bond acceptors (Lipinski definition) is 3. The Labute approximate surface area is 84.0 Å². The van der Waals surface area contributed by atoms with Crippen LogP contribution < -0.4 is 0 Å². The lowest BCUT2D eigenvalue weighted by Gasteiger charge is -2.46. The fourth-order valence-corrected chi connectivity index (χ4v) is 3.09. The molecule has 0 bridgehead atoms. The Morgan fingerprint density at radius 3 is 2.50 bits per heavy atom. The molecule has 1 heterocycles. The smallest absolute Gasteiger partial charge is 0.241 e. The van der Waals surface area contributed by atoms with E-state index in [0.29, 0.717) is 0 Å². The van der Waals surface area contributed by atoms with E-state index >= 15 is 0 Å². The number of rotatable bonds is 4. The molecule has 5 heteroatoms. The first-order valence-corrected chi connectivity index (χ1v) is 5.79. The summed E-state index contributed by atoms with van der Waals surface area (Å²) in [5, 5.41) is 0. The van der Waals surface area contributed by atoms with Gasteiger partial charge in [0.1, 0.15) is 0 Å². The predicted molar refractivity (Wildman–Crippen MR) is 54.0 cm³/mol. The molecule has 1 aliphatic heterocycles. The van der Waals surface area contributed by atoms with Crippen molar-refractivity contribution in [3.63, 3.8) is 0 Å². The second kappa shape index (κ2) is 3.24. The largest absolute Gasteiger partial charge is 0.274 e. The average molecular weight is 215 g/mol. The Bertz CT molecular complexity index is 385. The van der Waals surface area contributed by atoms with Crippen LogP contribution in [0.1, 0.15) is 13.3 Å². The maximum atomic E-state index is 11.6. The van der Waals surface area contributed by atoms with Crippen LogP contribution in [0.5, 0.6) is 0 Å². The van der Waals surface area contributed by atoms with Crippen LogP contribution >= 0.6 is 0 Å². The highest BCUT2D eigenvalue weighted by Gasteiger charge is 2.51. The van der Waals surface area contributed by atoms with Crippen LogP contribution in [-0.2, 0) is 14.8 Å². The molecular weight excluding hydrogens is 202 g/mol. The van der Waals surface area contributed by atoms with Crippen molar-refractivity contribution in [1.29, 1.82) is 0 Å². The fraction of sp³-hybridized carbons (Fsp3) is 0.444. The van der Waals surface area contributed by atoms with Gasteiger partial charge in [0.25, 0.3) is 0 Å². The van der Waals surface area contributed by atoms with Crippen LogP contribution in [0.2, 0.25) is 0 Å². The Balaban J connectivity index is 3.03. The predicted octanol–water partition coefficient (Wildman–Crippen LogP) is 0.679. The molecule has 14 heavy (non-hydrogen) atoms. The minimum Gasteiger partial charge on any atom is -0.274 e. The molecule has 1 rings (SSSR count). The maximum Gasteiger partial charge on any atom is 0.241 e. The molecule has 0 spiro atoms. The van der Waals surface area contributed by atoms with E-state index in [2.05, 4.69) is 13.2 Å². The third-order valence-corrected chi connectivity index (χ3v) is 4.08. The molecule has 0 aliphatic carbocycles. The second-order valence-electron chi connectivity index (χ2n) is 3.46. The van der Waals surface area contributed by atoms with Crippen LogP contribution in [0.15, 0.2) is 25.3 Å². The van der Waals surface area contributed by atoms with E-state index in [0.717, 1.165) is 4.31 Å². The van der Waals surface area contributed by atoms with Crippen molar-refractivity contribution in [2.75, 3.05) is 5.75 Å². The quantitative estimate of drug-likeness (QED) is 0.512. The zero-order valence-corrected chi connectivity index (χ0v) is 8.88. The summed E-state index contributed by atoms with van der Waals surface area (Å²) >= 11 is 0. The highest BCUT2D eigenvalue weighted by Crippen LogP contribution is 2.35. The minimum atomic E-state index is -3.55. The topological polar surface area (TPSA) is 54.5 Å². The van der Waals surface area contributed by atoms with Gasteiger partial charge in [-0.2, -0.15) is 0 Å². The van der Waals surface area contributed by atoms with E-state index in [1.165, 1.54) is 12.2 Å². The summed E-state index contributed by atoms with van der Waals surface area (Å²) in [5.74, 6) is -0.600. The summed E-state index contributed by atoms with van der Waals surface area (Å²) in [6, 6.07) is 0. The molecule has 0 aromatic carbocycles. The molecule has 0 aromatic heterocycles. The molecule has 1 aliphatic rings. The monoisotopic (exact) mass is 215 g/mol. The summed E-state index contributed by atoms with van der Waals surface area (Å²) in [6.07, 6.45) is 2.95. The van der Waals surface area contributed by atoms with Gasteiger partial charge in [-0.1, -0.05) is 12.2 Å². The minimum absolute atomic E-state index is 0.201. The van der Waals surface area contributed by atoms with Gasteiger partial charge in [-0.15, -0.1) is 13.2 Å². The Kier molecular flexibility index (Phi) is 2.54. The van der Waals surface area contributed by atoms with Gasteiger partial charge in [-0.25, -0.2) is 12.7 Å². The third kappa shape index (κ3) is 1.48. The zero-order valence-electron chi connectivity index (χ0n) is 8.06. The maximum absolute atomic E-state index is 11.6. The van der Waals surface area contributed by atoms with Crippen molar-refractivity contribution in [3.8, 4) is 0 Å². The molecule has 0 radical (unpaired) electrons. The van der Waals surface area contributed by atoms with Gasteiger partial charge in [0, 0.05) is 0 Å². The number of hydrogen-bond donors (Lipinski definition) is 0. The van der Waals surface area contributed by atoms with E-state index in [1.54, 1.807) is 6.92 Å². The van der Waals surface area contributed by atoms with Gasteiger partial charge < -0.3 is 0 Å². The van der Waals surface area contributed by atoms with Crippen LogP contribution in [0, 0.1) is 0 Å². The highest BCUT2D eigenvalue weighted by molar-refractivity contribution is 7.89. The van der Waals surface area contributed by atoms with Gasteiger partial charge in [0.2, 0.25) is 15.9 Å². The van der Waals surface area contributed by atoms with Gasteiger partial charge >= 0.3 is 0 Å². The molecule has 1 saturated heterocycles. The molecule has 1 unspecified atom stereocenters. The third-order valence-electron chi connectivity index (χ3n) is 2.25. The number of amides is 1. The number of carbonyl (C=O) groups excluding carboxylic acids is 1. The average Bonchev–Trinajstić information content (AvgIpc) is 2.01. The number of β-lactam (4-membered cyclic amide) rings is 1. The summed E-state index contributed by atoms with van der Waals surface area (Å²) in [6.45, 7) is 8.54. The first-order chi connectivity index (χ1) is 6.37. The number of carbonyl (C=O) groups is 1. The lowest BCUT2D eigenvalue weighted by atomic mass is 9.90. The van der Waals surface area contributed by atoms with Gasteiger partial charge in [-0.05, 0) is 6.92 Å². The molecule has 0 N–H and O–H groups in total. The fourth-order valence-electron chi connectivity index (χ4n) is 1.49. The summed E-state index contributed by atoms with van der Waals surface area (Å²) in [5.41, 5.74) is -0.751. The Morgan fingerprint density at radius 2 is 2.14 bits per heavy atom. The van der Waals surface area contributed by atoms with Crippen molar-refractivity contribution < 1.29 is 13.2 Å². The van der Waals surface area contributed by atoms with E-state index < -0.39 is 15.6 Å². The summed E-state index contributed by atoms with van der Waals surface area (Å²) in [7, 11) is -3.55. The van der Waals surface area contributed by atoms with E-state index in [9.17, 15) is 13.2 Å². The molecule has 1 fully saturated rings. The van der Waals surface area contributed by atoms with Crippen LogP contribution in [0.3, 0.4) is 0 Å². The molecule has 78 valence electrons. The first-order valence-electron chi connectivity index (χ1n) is 4.18. The van der Waals surface area contributed by atoms with Crippen molar-refractivity contribution in [2.24, 2.45) is 0 Å². The molecule has 0 aromatic rings. The molecule has 1 atom stereocenters. The normalized spacial score (nSPS) is 26.9. The van der Waals surface area contributed by atoms with E-state index in [1.807, 2.05) is 0 Å². The Hall–Kier alpha value is -1.10. The van der Waals surface area contributed by atoms with E-state index in [4.69, 9.17) is 0 Å². The van der Waals surface area contributed by atoms with E-state index in [-0.39, 0.29) is 18.1 Å². The second-order valence-corrected chi connectivity index (χ2v) is 5.33. The lowest BCUT2D eigenvalue weighted by molar-refractivity contribution is -0.140. The first kappa shape index (κ1) is 11.0. The van der Waals surface area contributed by atoms with Gasteiger partial charge in [0.15, 0.2) is 0 Å². The van der Waals surface area contributed by atoms with Crippen LogP contribution in [0.25, 0.3) is 0 Å². The molecule has 1 amide bonds. The number of sulfonamides is 1. The van der Waals surface area contributed by atoms with Crippen molar-refractivity contribution in [2.45, 2.75) is 18.9 Å². The lowest BCUT2D eigenvalue weighted by Crippen LogP contribution is -2.63. The SMILES string of the molecule is C=CCS(=O)(=O)N1C(=O)CC1(C)C=C. The standard InChI is InChI=1S/C9H13NO3S/c1-4-6-14(12,13)10-8(11)7-9(10,3)5-2/h4-5H,1-2,6-7H2,3H3. The van der Waals surface area contributed by atoms with Gasteiger partial charge in [0.05, 0.1) is 17.7 Å². The summed E-state index contributed by atoms with van der Waals surface area (Å²) < 4.78 is 24.1. The number of nitrogens with zero attached hydrogens (tertiary/aromatic N) is 1. The van der Waals surface area contributed by atoms with Crippen molar-refractivity contribution in [3.05, 3.63) is 25.3 Å². The zero-order chi connectivity index (χ0) is 11.0. The van der Waals surface area contributed by atoms with Gasteiger partial charge in [-0.3, -0.25) is 4.79 Å². The highest BCUT2D eigenvalue weighted by atomic mass is 32.2. The molecular formula is C9H13NO3S. The summed E-state index contributed by atoms with van der Waals surface area (Å²) in [4.78, 5) is 11.2. The van der Waals surface area contributed by atoms with Crippen LogP contribution in [0.4, 0.5) is 0 Å². The van der Waals surface area contributed by atoms with Crippen LogP contribution in [-0.4, -0.2) is 29.9 Å². The van der Waals surface area contributed by atoms with Crippen molar-refractivity contribution in [1.82, 2.24) is 4.31 Å². The van der Waals surface area contributed by atoms with Crippen molar-refractivity contribution >= 4 is 15.9 Å². The molecule has 4 nitrogen and oxygen atoms in total. The molecule has 0 saturated carbocycles.